The number of amides is 1. The normalized spacial score (nSPS) is 10.9. The first-order chi connectivity index (χ1) is 17.1. The largest absolute Gasteiger partial charge is 0.508 e. The minimum absolute atomic E-state index is 0.0977. The molecule has 178 valence electrons. The number of carbonyl (C=O) groups is 1. The Bertz CT molecular complexity index is 1320. The van der Waals surface area contributed by atoms with Gasteiger partial charge in [-0.25, -0.2) is 5.43 Å². The van der Waals surface area contributed by atoms with Crippen LogP contribution in [0.3, 0.4) is 0 Å². The molecule has 35 heavy (non-hydrogen) atoms. The van der Waals surface area contributed by atoms with E-state index in [9.17, 15) is 9.90 Å². The molecular weight excluding hydrogens is 466 g/mol. The Labute approximate surface area is 206 Å². The maximum absolute atomic E-state index is 12.4. The van der Waals surface area contributed by atoms with Crippen molar-refractivity contribution in [3.05, 3.63) is 78.4 Å². The van der Waals surface area contributed by atoms with Gasteiger partial charge in [0.05, 0.1) is 36.8 Å². The smallest absolute Gasteiger partial charge is 0.342 e. The van der Waals surface area contributed by atoms with Crippen molar-refractivity contribution in [2.75, 3.05) is 20.0 Å². The second-order valence-electron chi connectivity index (χ2n) is 7.29. The van der Waals surface area contributed by atoms with Crippen molar-refractivity contribution in [2.24, 2.45) is 5.10 Å². The quantitative estimate of drug-likeness (QED) is 0.144. The first-order valence-corrected chi connectivity index (χ1v) is 11.6. The van der Waals surface area contributed by atoms with Gasteiger partial charge in [-0.3, -0.25) is 4.79 Å². The molecule has 0 spiro atoms. The van der Waals surface area contributed by atoms with Gasteiger partial charge in [0, 0.05) is 0 Å². The summed E-state index contributed by atoms with van der Waals surface area (Å²) in [5, 5.41) is 21.6. The van der Waals surface area contributed by atoms with Crippen molar-refractivity contribution in [1.29, 1.82) is 0 Å². The number of phenols is 1. The average Bonchev–Trinajstić information content (AvgIpc) is 3.31. The Morgan fingerprint density at radius 1 is 1.09 bits per heavy atom. The first kappa shape index (κ1) is 23.8. The number of hydrogen-bond donors (Lipinski definition) is 3. The fraction of sp³-hybridized carbons (Fsp3) is 0.120. The van der Waals surface area contributed by atoms with Gasteiger partial charge in [-0.15, -0.1) is 5.10 Å². The average molecular weight is 491 g/mol. The monoisotopic (exact) mass is 490 g/mol. The maximum Gasteiger partial charge on any atom is 0.342 e. The number of methoxy groups -OCH3 is 2. The summed E-state index contributed by atoms with van der Waals surface area (Å²) in [5.74, 6) is 2.18. The summed E-state index contributed by atoms with van der Waals surface area (Å²) in [6.45, 7) is 0. The Kier molecular flexibility index (Phi) is 7.63. The number of carbonyl (C=O) groups excluding carboxylic acids is 1. The Balaban J connectivity index is 1.53. The number of aromatic amines is 1. The number of H-pyrrole nitrogens is 1. The van der Waals surface area contributed by atoms with E-state index in [2.05, 4.69) is 20.7 Å². The van der Waals surface area contributed by atoms with Crippen LogP contribution in [0.5, 0.6) is 17.2 Å². The zero-order valence-corrected chi connectivity index (χ0v) is 20.0. The number of phenolic OH excluding ortho intramolecular Hbond substituents is 1. The van der Waals surface area contributed by atoms with E-state index in [4.69, 9.17) is 9.47 Å². The molecule has 3 N–H and O–H groups in total. The summed E-state index contributed by atoms with van der Waals surface area (Å²) in [4.78, 5) is 12.4. The van der Waals surface area contributed by atoms with Crippen molar-refractivity contribution in [2.45, 2.75) is 5.16 Å². The Hall–Kier alpha value is -4.31. The van der Waals surface area contributed by atoms with E-state index in [1.165, 1.54) is 18.0 Å². The minimum Gasteiger partial charge on any atom is -0.508 e. The third kappa shape index (κ3) is 5.98. The van der Waals surface area contributed by atoms with Crippen LogP contribution in [0.2, 0.25) is 0 Å². The lowest BCUT2D eigenvalue weighted by molar-refractivity contribution is -0.625. The predicted molar refractivity (Wildman–Crippen MR) is 133 cm³/mol. The van der Waals surface area contributed by atoms with Gasteiger partial charge in [-0.2, -0.15) is 9.67 Å². The van der Waals surface area contributed by atoms with Gasteiger partial charge in [-0.1, -0.05) is 12.1 Å². The highest BCUT2D eigenvalue weighted by Gasteiger charge is 2.24. The lowest BCUT2D eigenvalue weighted by Crippen LogP contribution is -2.34. The molecule has 0 saturated heterocycles. The SMILES string of the molecule is COc1ccc(-c2[nH]nc(SCC(=O)NN=Cc3cccc(O)c3)[n+]2-c2ccc(OC)cc2)cc1. The van der Waals surface area contributed by atoms with Crippen LogP contribution in [-0.4, -0.2) is 47.4 Å². The van der Waals surface area contributed by atoms with Gasteiger partial charge in [-0.05, 0) is 78.0 Å². The molecule has 0 unspecified atom stereocenters. The number of thioether (sulfide) groups is 1. The minimum atomic E-state index is -0.290. The van der Waals surface area contributed by atoms with E-state index < -0.39 is 0 Å². The molecule has 0 bridgehead atoms. The summed E-state index contributed by atoms with van der Waals surface area (Å²) in [5.41, 5.74) is 4.93. The molecule has 3 aromatic carbocycles. The fourth-order valence-electron chi connectivity index (χ4n) is 3.25. The third-order valence-electron chi connectivity index (χ3n) is 4.97. The summed E-state index contributed by atoms with van der Waals surface area (Å²) in [7, 11) is 3.24. The molecule has 0 atom stereocenters. The number of aromatic hydroxyl groups is 1. The van der Waals surface area contributed by atoms with Gasteiger partial charge in [0.15, 0.2) is 0 Å². The molecule has 4 aromatic rings. The predicted octanol–water partition coefficient (Wildman–Crippen LogP) is 3.32. The van der Waals surface area contributed by atoms with Gasteiger partial charge in [0.2, 0.25) is 0 Å². The van der Waals surface area contributed by atoms with Gasteiger partial charge in [0.25, 0.3) is 11.7 Å². The molecule has 0 saturated carbocycles. The van der Waals surface area contributed by atoms with Crippen molar-refractivity contribution in [3.63, 3.8) is 0 Å². The van der Waals surface area contributed by atoms with Crippen molar-refractivity contribution in [3.8, 4) is 34.3 Å². The molecule has 1 heterocycles. The lowest BCUT2D eigenvalue weighted by atomic mass is 10.2. The molecule has 0 fully saturated rings. The van der Waals surface area contributed by atoms with Crippen LogP contribution < -0.4 is 19.5 Å². The summed E-state index contributed by atoms with van der Waals surface area (Å²) in [6.07, 6.45) is 1.47. The molecule has 9 nitrogen and oxygen atoms in total. The topological polar surface area (TPSA) is 113 Å². The highest BCUT2D eigenvalue weighted by atomic mass is 32.2. The lowest BCUT2D eigenvalue weighted by Gasteiger charge is -2.06. The van der Waals surface area contributed by atoms with Crippen LogP contribution >= 0.6 is 11.8 Å². The molecule has 10 heteroatoms. The van der Waals surface area contributed by atoms with Crippen molar-refractivity contribution < 1.29 is 23.9 Å². The van der Waals surface area contributed by atoms with Gasteiger partial charge in [0.1, 0.15) is 22.9 Å². The molecule has 4 rings (SSSR count). The number of aromatic nitrogens is 3. The number of nitrogens with zero attached hydrogens (tertiary/aromatic N) is 3. The number of ether oxygens (including phenoxy) is 2. The molecule has 0 aliphatic rings. The highest BCUT2D eigenvalue weighted by molar-refractivity contribution is 7.99. The second-order valence-corrected chi connectivity index (χ2v) is 8.24. The van der Waals surface area contributed by atoms with Crippen LogP contribution in [0, 0.1) is 0 Å². The van der Waals surface area contributed by atoms with E-state index in [1.54, 1.807) is 38.5 Å². The van der Waals surface area contributed by atoms with Crippen molar-refractivity contribution in [1.82, 2.24) is 15.6 Å². The fourth-order valence-corrected chi connectivity index (χ4v) is 4.01. The molecule has 1 amide bonds. The number of hydrogen-bond acceptors (Lipinski definition) is 7. The second kappa shape index (κ2) is 11.2. The van der Waals surface area contributed by atoms with Crippen LogP contribution in [0.25, 0.3) is 17.1 Å². The van der Waals surface area contributed by atoms with E-state index in [0.29, 0.717) is 10.7 Å². The number of nitrogens with one attached hydrogen (secondary N) is 2. The maximum atomic E-state index is 12.4. The standard InChI is InChI=1S/C25H23N5O4S/c1-33-21-10-6-18(7-11-21)24-28-29-25(30(24)19-8-12-22(34-2)13-9-19)35-16-23(32)27-26-15-17-4-3-5-20(31)14-17/h3-15H,16H2,1-2H3,(H2,27,31,32)/p+1. The number of benzene rings is 3. The van der Waals surface area contributed by atoms with Crippen LogP contribution in [0.15, 0.2) is 83.1 Å². The molecule has 1 aromatic heterocycles. The van der Waals surface area contributed by atoms with Crippen molar-refractivity contribution >= 4 is 23.9 Å². The number of rotatable bonds is 9. The first-order valence-electron chi connectivity index (χ1n) is 10.6. The Morgan fingerprint density at radius 2 is 1.77 bits per heavy atom. The van der Waals surface area contributed by atoms with E-state index >= 15 is 0 Å². The highest BCUT2D eigenvalue weighted by Crippen LogP contribution is 2.23. The summed E-state index contributed by atoms with van der Waals surface area (Å²) >= 11 is 1.27. The molecule has 0 radical (unpaired) electrons. The Morgan fingerprint density at radius 3 is 2.43 bits per heavy atom. The molecular formula is C25H24N5O4S+. The van der Waals surface area contributed by atoms with E-state index in [0.717, 1.165) is 28.6 Å². The molecule has 0 aliphatic heterocycles. The van der Waals surface area contributed by atoms with Crippen LogP contribution in [-0.2, 0) is 4.79 Å². The summed E-state index contributed by atoms with van der Waals surface area (Å²) in [6, 6.07) is 21.8. The van der Waals surface area contributed by atoms with Crippen LogP contribution in [0.1, 0.15) is 5.56 Å². The van der Waals surface area contributed by atoms with Gasteiger partial charge < -0.3 is 14.6 Å². The zero-order chi connectivity index (χ0) is 24.6. The van der Waals surface area contributed by atoms with E-state index in [1.807, 2.05) is 53.1 Å². The van der Waals surface area contributed by atoms with E-state index in [-0.39, 0.29) is 17.4 Å². The zero-order valence-electron chi connectivity index (χ0n) is 19.1. The third-order valence-corrected chi connectivity index (χ3v) is 5.91. The summed E-state index contributed by atoms with van der Waals surface area (Å²) < 4.78 is 12.5. The number of hydrazone groups is 1. The van der Waals surface area contributed by atoms with Gasteiger partial charge >= 0.3 is 5.16 Å². The molecule has 0 aliphatic carbocycles. The van der Waals surface area contributed by atoms with Crippen LogP contribution in [0.4, 0.5) is 0 Å².